The topological polar surface area (TPSA) is 99.6 Å². The first-order chi connectivity index (χ1) is 18.3. The van der Waals surface area contributed by atoms with Crippen molar-refractivity contribution < 1.29 is 29.0 Å². The quantitative estimate of drug-likeness (QED) is 0.289. The predicted molar refractivity (Wildman–Crippen MR) is 147 cm³/mol. The van der Waals surface area contributed by atoms with Gasteiger partial charge >= 0.3 is 5.97 Å². The molecule has 2 bridgehead atoms. The van der Waals surface area contributed by atoms with Gasteiger partial charge in [-0.2, -0.15) is 0 Å². The Kier molecular flexibility index (Phi) is 9.48. The van der Waals surface area contributed by atoms with Crippen LogP contribution in [0.5, 0.6) is 0 Å². The van der Waals surface area contributed by atoms with Crippen molar-refractivity contribution in [1.29, 1.82) is 0 Å². The molecule has 4 aliphatic heterocycles. The van der Waals surface area contributed by atoms with Crippen LogP contribution in [0.3, 0.4) is 0 Å². The van der Waals surface area contributed by atoms with Gasteiger partial charge in [0, 0.05) is 38.0 Å². The Bertz CT molecular complexity index is 898. The number of amides is 2. The summed E-state index contributed by atoms with van der Waals surface area (Å²) in [6.07, 6.45) is 3.25. The van der Waals surface area contributed by atoms with Crippen molar-refractivity contribution in [2.75, 3.05) is 59.2 Å². The lowest BCUT2D eigenvalue weighted by Gasteiger charge is -2.43. The molecular formula is C28H45N3O6S. The lowest BCUT2D eigenvalue weighted by Crippen LogP contribution is -2.60. The van der Waals surface area contributed by atoms with Crippen LogP contribution in [0, 0.1) is 23.7 Å². The van der Waals surface area contributed by atoms with Gasteiger partial charge in [0.1, 0.15) is 6.04 Å². The minimum atomic E-state index is -0.750. The molecule has 10 heteroatoms. The second-order valence-electron chi connectivity index (χ2n) is 11.2. The van der Waals surface area contributed by atoms with Gasteiger partial charge in [-0.1, -0.05) is 33.3 Å². The molecule has 3 unspecified atom stereocenters. The number of hydrogen-bond acceptors (Lipinski definition) is 8. The van der Waals surface area contributed by atoms with Gasteiger partial charge < -0.3 is 24.4 Å². The predicted octanol–water partition coefficient (Wildman–Crippen LogP) is 1.64. The van der Waals surface area contributed by atoms with Crippen molar-refractivity contribution in [3.63, 3.8) is 0 Å². The van der Waals surface area contributed by atoms with Gasteiger partial charge in [0.15, 0.2) is 0 Å². The van der Waals surface area contributed by atoms with Gasteiger partial charge in [0.05, 0.1) is 49.1 Å². The highest BCUT2D eigenvalue weighted by molar-refractivity contribution is 8.02. The molecule has 0 radical (unpaired) electrons. The van der Waals surface area contributed by atoms with Crippen LogP contribution in [-0.2, 0) is 23.9 Å². The Morgan fingerprint density at radius 2 is 2.05 bits per heavy atom. The average molecular weight is 552 g/mol. The van der Waals surface area contributed by atoms with Gasteiger partial charge in [0.2, 0.25) is 11.8 Å². The zero-order chi connectivity index (χ0) is 27.6. The third kappa shape index (κ3) is 4.90. The molecule has 4 rings (SSSR count). The van der Waals surface area contributed by atoms with Crippen LogP contribution in [-0.4, -0.2) is 119 Å². The molecule has 9 nitrogen and oxygen atoms in total. The van der Waals surface area contributed by atoms with E-state index >= 15 is 0 Å². The van der Waals surface area contributed by atoms with Crippen LogP contribution in [0.4, 0.5) is 0 Å². The number of carbonyl (C=O) groups excluding carboxylic acids is 3. The van der Waals surface area contributed by atoms with Crippen LogP contribution >= 0.6 is 11.8 Å². The minimum Gasteiger partial charge on any atom is -0.466 e. The molecule has 8 atom stereocenters. The number of thioether (sulfide) groups is 1. The fourth-order valence-corrected chi connectivity index (χ4v) is 9.51. The molecule has 4 aliphatic rings. The molecule has 4 saturated heterocycles. The smallest absolute Gasteiger partial charge is 0.310 e. The van der Waals surface area contributed by atoms with Crippen LogP contribution in [0.1, 0.15) is 40.5 Å². The average Bonchev–Trinajstić information content (AvgIpc) is 3.51. The largest absolute Gasteiger partial charge is 0.466 e. The first kappa shape index (κ1) is 29.4. The SMILES string of the molecule is C=CCN(CCN1CCOCC1)C(=O)C1N([C@@H](CO)[C@@H](C)CC)C(=O)[C@@H]2[C@@H](C(=O)OCC)[C@H]3CC(C)C12S3. The van der Waals surface area contributed by atoms with Crippen molar-refractivity contribution in [1.82, 2.24) is 14.7 Å². The Morgan fingerprint density at radius 1 is 1.34 bits per heavy atom. The number of esters is 1. The molecule has 0 aliphatic carbocycles. The summed E-state index contributed by atoms with van der Waals surface area (Å²) < 4.78 is 10.2. The maximum absolute atomic E-state index is 14.6. The molecule has 0 aromatic carbocycles. The highest BCUT2D eigenvalue weighted by Crippen LogP contribution is 2.69. The molecule has 38 heavy (non-hydrogen) atoms. The fourth-order valence-electron chi connectivity index (χ4n) is 7.12. The van der Waals surface area contributed by atoms with E-state index in [1.807, 2.05) is 18.7 Å². The van der Waals surface area contributed by atoms with E-state index in [-0.39, 0.29) is 48.1 Å². The molecule has 1 N–H and O–H groups in total. The Balaban J connectivity index is 1.73. The standard InChI is InChI=1S/C28H45N3O6S/c1-6-9-30(11-10-29-12-14-36-15-13-29)26(34)24-28-19(5)16-21(38-28)22(27(35)37-8-3)23(28)25(33)31(24)20(17-32)18(4)7-2/h6,18-24,32H,1,7-17H2,2-5H3/t18-,19?,20-,21+,22-,23-,24?,28?/m0/s1. The highest BCUT2D eigenvalue weighted by Gasteiger charge is 2.77. The molecule has 0 aromatic heterocycles. The summed E-state index contributed by atoms with van der Waals surface area (Å²) in [5, 5.41) is 10.5. The first-order valence-corrected chi connectivity index (χ1v) is 15.1. The van der Waals surface area contributed by atoms with Gasteiger partial charge in [-0.05, 0) is 25.2 Å². The number of aliphatic hydroxyl groups excluding tert-OH is 1. The zero-order valence-electron chi connectivity index (χ0n) is 23.3. The van der Waals surface area contributed by atoms with Crippen LogP contribution in [0.25, 0.3) is 0 Å². The van der Waals surface area contributed by atoms with Gasteiger partial charge in [-0.3, -0.25) is 19.3 Å². The van der Waals surface area contributed by atoms with Gasteiger partial charge in [-0.25, -0.2) is 0 Å². The summed E-state index contributed by atoms with van der Waals surface area (Å²) in [6.45, 7) is 16.5. The van der Waals surface area contributed by atoms with E-state index in [4.69, 9.17) is 9.47 Å². The Morgan fingerprint density at radius 3 is 2.66 bits per heavy atom. The summed E-state index contributed by atoms with van der Waals surface area (Å²) in [5.74, 6) is -1.77. The number of hydrogen-bond donors (Lipinski definition) is 1. The molecule has 214 valence electrons. The van der Waals surface area contributed by atoms with E-state index < -0.39 is 28.7 Å². The first-order valence-electron chi connectivity index (χ1n) is 14.2. The third-order valence-electron chi connectivity index (χ3n) is 9.27. The molecule has 4 fully saturated rings. The number of fused-ring (bicyclic) bond motifs is 1. The lowest BCUT2D eigenvalue weighted by atomic mass is 9.66. The second-order valence-corrected chi connectivity index (χ2v) is 12.8. The number of ether oxygens (including phenoxy) is 2. The van der Waals surface area contributed by atoms with E-state index in [1.54, 1.807) is 29.7 Å². The summed E-state index contributed by atoms with van der Waals surface area (Å²) >= 11 is 1.65. The number of morpholine rings is 1. The monoisotopic (exact) mass is 551 g/mol. The van der Waals surface area contributed by atoms with Crippen LogP contribution < -0.4 is 0 Å². The Hall–Kier alpha value is -1.62. The van der Waals surface area contributed by atoms with Gasteiger partial charge in [-0.15, -0.1) is 18.3 Å². The van der Waals surface area contributed by atoms with E-state index in [1.165, 1.54) is 0 Å². The number of nitrogens with zero attached hydrogens (tertiary/aromatic N) is 3. The normalized spacial score (nSPS) is 34.2. The van der Waals surface area contributed by atoms with E-state index in [0.717, 1.165) is 25.9 Å². The minimum absolute atomic E-state index is 0.00534. The number of aliphatic hydroxyl groups is 1. The number of rotatable bonds is 12. The molecule has 2 amide bonds. The molecular weight excluding hydrogens is 506 g/mol. The summed E-state index contributed by atoms with van der Waals surface area (Å²) in [7, 11) is 0. The van der Waals surface area contributed by atoms with E-state index in [0.29, 0.717) is 32.8 Å². The number of likely N-dealkylation sites (tertiary alicyclic amines) is 1. The Labute approximate surface area is 231 Å². The molecule has 0 saturated carbocycles. The fraction of sp³-hybridized carbons (Fsp3) is 0.821. The highest BCUT2D eigenvalue weighted by atomic mass is 32.2. The van der Waals surface area contributed by atoms with E-state index in [9.17, 15) is 19.5 Å². The van der Waals surface area contributed by atoms with Gasteiger partial charge in [0.25, 0.3) is 0 Å². The maximum Gasteiger partial charge on any atom is 0.310 e. The summed E-state index contributed by atoms with van der Waals surface area (Å²) in [4.78, 5) is 47.9. The van der Waals surface area contributed by atoms with Crippen LogP contribution in [0.2, 0.25) is 0 Å². The molecule has 4 heterocycles. The summed E-state index contributed by atoms with van der Waals surface area (Å²) in [6, 6.07) is -1.25. The lowest BCUT2D eigenvalue weighted by molar-refractivity contribution is -0.154. The maximum atomic E-state index is 14.6. The molecule has 1 spiro atoms. The van der Waals surface area contributed by atoms with Crippen molar-refractivity contribution in [2.24, 2.45) is 23.7 Å². The zero-order valence-corrected chi connectivity index (χ0v) is 24.2. The van der Waals surface area contributed by atoms with Crippen molar-refractivity contribution in [2.45, 2.75) is 62.6 Å². The number of carbonyl (C=O) groups is 3. The second kappa shape index (κ2) is 12.3. The third-order valence-corrected chi connectivity index (χ3v) is 11.3. The molecule has 0 aromatic rings. The van der Waals surface area contributed by atoms with Crippen molar-refractivity contribution in [3.05, 3.63) is 12.7 Å². The van der Waals surface area contributed by atoms with Crippen molar-refractivity contribution >= 4 is 29.5 Å². The van der Waals surface area contributed by atoms with E-state index in [2.05, 4.69) is 18.4 Å². The van der Waals surface area contributed by atoms with Crippen molar-refractivity contribution in [3.8, 4) is 0 Å². The summed E-state index contributed by atoms with van der Waals surface area (Å²) in [5.41, 5.74) is 0. The van der Waals surface area contributed by atoms with Crippen LogP contribution in [0.15, 0.2) is 12.7 Å².